The zero-order valence-corrected chi connectivity index (χ0v) is 56.9. The summed E-state index contributed by atoms with van der Waals surface area (Å²) in [6, 6.07) is 10.7. The molecule has 0 atom stereocenters. The summed E-state index contributed by atoms with van der Waals surface area (Å²) in [6.07, 6.45) is 13.7. The van der Waals surface area contributed by atoms with Gasteiger partial charge in [-0.2, -0.15) is 0 Å². The number of benzene rings is 2. The van der Waals surface area contributed by atoms with Crippen LogP contribution in [0.5, 0.6) is 23.0 Å². The molecule has 2 aromatic heterocycles. The molecule has 17 nitrogen and oxygen atoms in total. The number of hydrogen-bond acceptors (Lipinski definition) is 17. The number of esters is 4. The predicted molar refractivity (Wildman–Crippen MR) is 339 cm³/mol. The monoisotopic (exact) mass is 1240 g/mol. The Balaban J connectivity index is 1.46. The summed E-state index contributed by atoms with van der Waals surface area (Å²) >= 11 is 0. The summed E-state index contributed by atoms with van der Waals surface area (Å²) in [5.74, 6) is -6.50. The maximum Gasteiger partial charge on any atom is 0.326 e. The van der Waals surface area contributed by atoms with Gasteiger partial charge in [0.15, 0.2) is 26.4 Å². The third-order valence-corrected chi connectivity index (χ3v) is 17.9. The third-order valence-electron chi connectivity index (χ3n) is 16.8. The van der Waals surface area contributed by atoms with E-state index < -0.39 is 91.8 Å². The molecule has 0 amide bonds. The first-order chi connectivity index (χ1) is 40.9. The molecule has 0 radical (unpaired) electrons. The normalized spacial score (nSPS) is 15.3. The van der Waals surface area contributed by atoms with Crippen molar-refractivity contribution in [3.05, 3.63) is 104 Å². The third kappa shape index (κ3) is 19.0. The van der Waals surface area contributed by atoms with E-state index in [0.717, 1.165) is 122 Å². The summed E-state index contributed by atoms with van der Waals surface area (Å²) in [5.41, 5.74) is 5.06. The minimum absolute atomic E-state index is 0.162. The minimum atomic E-state index is -4.19. The number of carbonyl (C=O) groups is 4. The van der Waals surface area contributed by atoms with Crippen LogP contribution in [0.15, 0.2) is 36.4 Å². The van der Waals surface area contributed by atoms with Gasteiger partial charge in [0.1, 0.15) is 23.0 Å². The molecule has 2 fully saturated rings. The minimum Gasteiger partial charge on any atom is -0.506 e. The van der Waals surface area contributed by atoms with Gasteiger partial charge in [-0.3, -0.25) is 42.8 Å². The van der Waals surface area contributed by atoms with E-state index in [-0.39, 0.29) is 34.8 Å². The summed E-state index contributed by atoms with van der Waals surface area (Å²) < 4.78 is 66.2. The quantitative estimate of drug-likeness (QED) is 0.0245. The second kappa shape index (κ2) is 29.3. The SMILES string of the molecule is Cc1cc(OC(COC(=O)C(C)(C)C)(COC(=O)C(C)(C)C)O[PH](=O)OC(COC(=O)C(C)(C)C)(COC(=O)C(C)(C)C)Oc2cc(C)c(Cc3ccc(O)c(C4CCCCCC4)n3)c(C)c2C)c(C)c(C)c1Cc1ccc(O)c(C2CCCCCC2)n1. The van der Waals surface area contributed by atoms with E-state index in [0.29, 0.717) is 35.4 Å². The van der Waals surface area contributed by atoms with Gasteiger partial charge < -0.3 is 38.6 Å². The van der Waals surface area contributed by atoms with Crippen LogP contribution in [-0.2, 0) is 64.6 Å². The number of hydrogen-bond donors (Lipinski definition) is 2. The highest BCUT2D eigenvalue weighted by Gasteiger charge is 2.48. The fourth-order valence-corrected chi connectivity index (χ4v) is 11.9. The molecule has 2 heterocycles. The molecular formula is C70H101N2O15P. The smallest absolute Gasteiger partial charge is 0.326 e. The van der Waals surface area contributed by atoms with Crippen LogP contribution in [0.4, 0.5) is 0 Å². The molecule has 18 heteroatoms. The number of pyridine rings is 2. The average molecular weight is 1240 g/mol. The molecule has 0 spiro atoms. The molecule has 2 aromatic carbocycles. The molecule has 2 aliphatic carbocycles. The number of carbonyl (C=O) groups excluding carboxylic acids is 4. The van der Waals surface area contributed by atoms with Gasteiger partial charge in [-0.15, -0.1) is 0 Å². The molecular weight excluding hydrogens is 1140 g/mol. The van der Waals surface area contributed by atoms with Crippen LogP contribution in [0, 0.1) is 63.2 Å². The van der Waals surface area contributed by atoms with Crippen molar-refractivity contribution in [2.75, 3.05) is 26.4 Å². The Bertz CT molecular complexity index is 2880. The number of aromatic nitrogens is 2. The van der Waals surface area contributed by atoms with Crippen molar-refractivity contribution in [1.29, 1.82) is 0 Å². The van der Waals surface area contributed by atoms with Crippen molar-refractivity contribution >= 4 is 32.1 Å². The van der Waals surface area contributed by atoms with Crippen molar-refractivity contribution in [3.8, 4) is 23.0 Å². The largest absolute Gasteiger partial charge is 0.506 e. The Kier molecular flexibility index (Phi) is 23.6. The highest BCUT2D eigenvalue weighted by molar-refractivity contribution is 7.33. The maximum atomic E-state index is 15.5. The Morgan fingerprint density at radius 1 is 0.455 bits per heavy atom. The zero-order valence-electron chi connectivity index (χ0n) is 55.9. The van der Waals surface area contributed by atoms with E-state index in [4.69, 9.17) is 47.4 Å². The van der Waals surface area contributed by atoms with Crippen molar-refractivity contribution in [2.45, 2.75) is 238 Å². The summed E-state index contributed by atoms with van der Waals surface area (Å²) in [4.78, 5) is 65.4. The maximum absolute atomic E-state index is 15.5. The molecule has 6 rings (SSSR count). The van der Waals surface area contributed by atoms with E-state index >= 15 is 4.57 Å². The topological polar surface area (TPSA) is 225 Å². The molecule has 0 bridgehead atoms. The number of aromatic hydroxyl groups is 2. The molecule has 0 saturated heterocycles. The summed E-state index contributed by atoms with van der Waals surface area (Å²) in [7, 11) is -4.19. The van der Waals surface area contributed by atoms with Crippen molar-refractivity contribution in [2.24, 2.45) is 21.7 Å². The van der Waals surface area contributed by atoms with Crippen molar-refractivity contribution in [3.63, 3.8) is 0 Å². The highest BCUT2D eigenvalue weighted by atomic mass is 31.1. The lowest BCUT2D eigenvalue weighted by molar-refractivity contribution is -0.224. The average Bonchev–Trinajstić information content (AvgIpc) is 0.935. The van der Waals surface area contributed by atoms with Gasteiger partial charge in [-0.25, -0.2) is 0 Å². The molecule has 2 saturated carbocycles. The molecule has 0 aliphatic heterocycles. The summed E-state index contributed by atoms with van der Waals surface area (Å²) in [6.45, 7) is 28.1. The summed E-state index contributed by atoms with van der Waals surface area (Å²) in [5, 5.41) is 22.1. The molecule has 4 aromatic rings. The zero-order chi connectivity index (χ0) is 65.3. The highest BCUT2D eigenvalue weighted by Crippen LogP contribution is 2.44. The van der Waals surface area contributed by atoms with Crippen LogP contribution < -0.4 is 9.47 Å². The predicted octanol–water partition coefficient (Wildman–Crippen LogP) is 15.4. The van der Waals surface area contributed by atoms with Crippen LogP contribution in [0.25, 0.3) is 0 Å². The lowest BCUT2D eigenvalue weighted by Gasteiger charge is -2.38. The second-order valence-electron chi connectivity index (χ2n) is 28.8. The van der Waals surface area contributed by atoms with Crippen LogP contribution in [0.3, 0.4) is 0 Å². The van der Waals surface area contributed by atoms with Crippen LogP contribution >= 0.6 is 8.25 Å². The van der Waals surface area contributed by atoms with Gasteiger partial charge in [0.05, 0.1) is 33.0 Å². The van der Waals surface area contributed by atoms with Crippen LogP contribution in [0.2, 0.25) is 0 Å². The lowest BCUT2D eigenvalue weighted by atomic mass is 9.92. The van der Waals surface area contributed by atoms with Crippen LogP contribution in [0.1, 0.15) is 239 Å². The fraction of sp³-hybridized carbons (Fsp3) is 0.629. The number of ether oxygens (including phenoxy) is 6. The van der Waals surface area contributed by atoms with E-state index in [2.05, 4.69) is 0 Å². The number of rotatable bonds is 22. The lowest BCUT2D eigenvalue weighted by Crippen LogP contribution is -2.51. The molecule has 88 heavy (non-hydrogen) atoms. The number of aryl methyl sites for hydroxylation is 2. The van der Waals surface area contributed by atoms with Crippen molar-refractivity contribution in [1.82, 2.24) is 9.97 Å². The first kappa shape index (κ1) is 71.1. The van der Waals surface area contributed by atoms with E-state index in [1.165, 1.54) is 0 Å². The fourth-order valence-electron chi connectivity index (χ4n) is 10.9. The van der Waals surface area contributed by atoms with E-state index in [9.17, 15) is 29.4 Å². The Labute approximate surface area is 524 Å². The van der Waals surface area contributed by atoms with Gasteiger partial charge in [0, 0.05) is 36.1 Å². The molecule has 2 N–H and O–H groups in total. The van der Waals surface area contributed by atoms with E-state index in [1.54, 1.807) is 107 Å². The molecule has 486 valence electrons. The van der Waals surface area contributed by atoms with Crippen LogP contribution in [-0.4, -0.2) is 82.1 Å². The van der Waals surface area contributed by atoms with Crippen molar-refractivity contribution < 1.29 is 71.4 Å². The van der Waals surface area contributed by atoms with Gasteiger partial charge in [0.2, 0.25) is 0 Å². The van der Waals surface area contributed by atoms with Gasteiger partial charge in [0.25, 0.3) is 11.6 Å². The standard InChI is InChI=1S/C70H101N2O15P/c1-43-35-57(47(5)45(3)53(43)37-51-31-33-55(73)59(71-51)49-27-23-19-20-24-28-49)84-69(39-80-61(75)65(7,8)9,40-81-62(76)66(10,11)12)86-88(79)87-70(41-82-63(77)67(13,14)15,42-83-64(78)68(16,17)18)85-58-36-44(2)54(46(4)48(58)6)38-52-32-34-56(74)60(72-52)50-29-25-21-22-26-30-50/h31-36,49-50,73-74,88H,19-30,37-42H2,1-18H3. The first-order valence-electron chi connectivity index (χ1n) is 31.5. The number of nitrogens with zero attached hydrogens (tertiary/aromatic N) is 2. The Morgan fingerprint density at radius 2 is 0.739 bits per heavy atom. The van der Waals surface area contributed by atoms with Gasteiger partial charge in [-0.1, -0.05) is 51.4 Å². The second-order valence-corrected chi connectivity index (χ2v) is 29.7. The van der Waals surface area contributed by atoms with Gasteiger partial charge in [-0.05, 0) is 231 Å². The van der Waals surface area contributed by atoms with Gasteiger partial charge >= 0.3 is 32.1 Å². The Hall–Kier alpha value is -6.03. The van der Waals surface area contributed by atoms with E-state index in [1.807, 2.05) is 53.7 Å². The first-order valence-corrected chi connectivity index (χ1v) is 32.7. The molecule has 2 aliphatic rings. The Morgan fingerprint density at radius 3 is 1.01 bits per heavy atom. The molecule has 0 unspecified atom stereocenters.